The van der Waals surface area contributed by atoms with Gasteiger partial charge in [0.15, 0.2) is 0 Å². The Bertz CT molecular complexity index is 440. The van der Waals surface area contributed by atoms with E-state index in [4.69, 9.17) is 0 Å². The number of rotatable bonds is 3. The molecule has 2 saturated carbocycles. The van der Waals surface area contributed by atoms with E-state index in [-0.39, 0.29) is 7.92 Å². The van der Waals surface area contributed by atoms with Crippen LogP contribution in [0.3, 0.4) is 0 Å². The molecule has 124 valence electrons. The average Bonchev–Trinajstić information content (AvgIpc) is 2.99. The molecular formula is C20H33PS. The summed E-state index contributed by atoms with van der Waals surface area (Å²) in [5, 5.41) is 0. The molecule has 0 bridgehead atoms. The summed E-state index contributed by atoms with van der Waals surface area (Å²) >= 11 is 2.16. The van der Waals surface area contributed by atoms with Crippen LogP contribution in [0, 0.1) is 0 Å². The highest BCUT2D eigenvalue weighted by molar-refractivity contribution is 7.72. The van der Waals surface area contributed by atoms with Crippen molar-refractivity contribution in [2.24, 2.45) is 0 Å². The van der Waals surface area contributed by atoms with Crippen molar-refractivity contribution in [1.29, 1.82) is 0 Å². The van der Waals surface area contributed by atoms with Gasteiger partial charge in [-0.25, -0.2) is 0 Å². The first-order valence-corrected chi connectivity index (χ1v) is 11.7. The molecule has 1 aromatic heterocycles. The number of thiophene rings is 1. The zero-order chi connectivity index (χ0) is 15.6. The third-order valence-corrected chi connectivity index (χ3v) is 11.0. The Morgan fingerprint density at radius 1 is 0.818 bits per heavy atom. The molecule has 1 aromatic rings. The summed E-state index contributed by atoms with van der Waals surface area (Å²) in [4.78, 5) is 1.60. The summed E-state index contributed by atoms with van der Waals surface area (Å²) < 4.78 is 1.79. The minimum absolute atomic E-state index is 0.100. The van der Waals surface area contributed by atoms with Crippen LogP contribution in [-0.4, -0.2) is 11.3 Å². The van der Waals surface area contributed by atoms with E-state index in [2.05, 4.69) is 44.2 Å². The van der Waals surface area contributed by atoms with Gasteiger partial charge in [0, 0.05) is 9.50 Å². The van der Waals surface area contributed by atoms with Crippen LogP contribution in [0.5, 0.6) is 0 Å². The highest BCUT2D eigenvalue weighted by Crippen LogP contribution is 2.56. The van der Waals surface area contributed by atoms with E-state index >= 15 is 0 Å². The van der Waals surface area contributed by atoms with Gasteiger partial charge in [0.1, 0.15) is 0 Å². The molecule has 2 aliphatic carbocycles. The minimum Gasteiger partial charge on any atom is -0.140 e. The lowest BCUT2D eigenvalue weighted by Gasteiger charge is -2.38. The summed E-state index contributed by atoms with van der Waals surface area (Å²) in [5.41, 5.74) is 2.40. The van der Waals surface area contributed by atoms with Crippen LogP contribution in [-0.2, 0) is 5.41 Å². The topological polar surface area (TPSA) is 0 Å². The maximum absolute atomic E-state index is 2.53. The molecule has 22 heavy (non-hydrogen) atoms. The molecule has 0 saturated heterocycles. The number of hydrogen-bond donors (Lipinski definition) is 0. The van der Waals surface area contributed by atoms with Crippen molar-refractivity contribution in [3.63, 3.8) is 0 Å². The standard InChI is InChI=1S/C20H33PS/c1-20(2,3)18-14-15-19(22-18)21(16-10-6-4-7-11-16)17-12-8-5-9-13-17/h14-17H,4-13H2,1-3H3. The Morgan fingerprint density at radius 2 is 1.32 bits per heavy atom. The van der Waals surface area contributed by atoms with Gasteiger partial charge in [0.25, 0.3) is 0 Å². The average molecular weight is 337 g/mol. The Balaban J connectivity index is 1.84. The highest BCUT2D eigenvalue weighted by atomic mass is 32.1. The first kappa shape index (κ1) is 17.0. The molecule has 2 heteroatoms. The van der Waals surface area contributed by atoms with Gasteiger partial charge in [-0.1, -0.05) is 67.2 Å². The summed E-state index contributed by atoms with van der Waals surface area (Å²) in [6, 6.07) is 4.97. The van der Waals surface area contributed by atoms with Crippen LogP contribution in [0.1, 0.15) is 89.9 Å². The van der Waals surface area contributed by atoms with E-state index in [1.165, 1.54) is 64.2 Å². The normalized spacial score (nSPS) is 22.4. The molecule has 2 fully saturated rings. The van der Waals surface area contributed by atoms with Gasteiger partial charge in [-0.15, -0.1) is 11.3 Å². The third-order valence-electron chi connectivity index (χ3n) is 5.52. The van der Waals surface area contributed by atoms with Crippen molar-refractivity contribution in [2.45, 2.75) is 102 Å². The van der Waals surface area contributed by atoms with Crippen LogP contribution >= 0.6 is 19.3 Å². The van der Waals surface area contributed by atoms with Crippen LogP contribution in [0.4, 0.5) is 0 Å². The Morgan fingerprint density at radius 3 is 1.73 bits per heavy atom. The number of hydrogen-bond acceptors (Lipinski definition) is 1. The monoisotopic (exact) mass is 336 g/mol. The van der Waals surface area contributed by atoms with E-state index in [9.17, 15) is 0 Å². The maximum Gasteiger partial charge on any atom is 0.0287 e. The van der Waals surface area contributed by atoms with E-state index in [1.54, 1.807) is 9.50 Å². The highest BCUT2D eigenvalue weighted by Gasteiger charge is 2.33. The van der Waals surface area contributed by atoms with Gasteiger partial charge in [-0.05, 0) is 54.5 Å². The van der Waals surface area contributed by atoms with Crippen molar-refractivity contribution < 1.29 is 0 Å². The zero-order valence-corrected chi connectivity index (χ0v) is 16.4. The van der Waals surface area contributed by atoms with Crippen molar-refractivity contribution in [1.82, 2.24) is 0 Å². The van der Waals surface area contributed by atoms with Crippen LogP contribution < -0.4 is 4.62 Å². The fourth-order valence-electron chi connectivity index (χ4n) is 4.25. The molecule has 0 amide bonds. The van der Waals surface area contributed by atoms with Gasteiger partial charge in [-0.2, -0.15) is 0 Å². The van der Waals surface area contributed by atoms with Crippen molar-refractivity contribution in [3.8, 4) is 0 Å². The lowest BCUT2D eigenvalue weighted by Crippen LogP contribution is -2.25. The Kier molecular flexibility index (Phi) is 5.67. The van der Waals surface area contributed by atoms with E-state index in [0.29, 0.717) is 5.41 Å². The molecule has 0 aliphatic heterocycles. The summed E-state index contributed by atoms with van der Waals surface area (Å²) in [6.07, 6.45) is 15.0. The lowest BCUT2D eigenvalue weighted by atomic mass is 9.95. The van der Waals surface area contributed by atoms with Crippen molar-refractivity contribution in [3.05, 3.63) is 17.0 Å². The Labute approximate surface area is 142 Å². The molecule has 2 aliphatic rings. The second kappa shape index (κ2) is 7.35. The van der Waals surface area contributed by atoms with Crippen molar-refractivity contribution >= 4 is 23.9 Å². The van der Waals surface area contributed by atoms with E-state index in [1.807, 2.05) is 0 Å². The van der Waals surface area contributed by atoms with Gasteiger partial charge in [0.05, 0.1) is 0 Å². The van der Waals surface area contributed by atoms with Crippen LogP contribution in [0.2, 0.25) is 0 Å². The van der Waals surface area contributed by atoms with Crippen molar-refractivity contribution in [2.75, 3.05) is 0 Å². The van der Waals surface area contributed by atoms with Gasteiger partial charge in [-0.3, -0.25) is 0 Å². The molecule has 0 nitrogen and oxygen atoms in total. The second-order valence-electron chi connectivity index (χ2n) is 8.38. The predicted octanol–water partition coefficient (Wildman–Crippen LogP) is 6.82. The second-order valence-corrected chi connectivity index (χ2v) is 12.5. The van der Waals surface area contributed by atoms with E-state index in [0.717, 1.165) is 11.3 Å². The predicted molar refractivity (Wildman–Crippen MR) is 103 cm³/mol. The summed E-state index contributed by atoms with van der Waals surface area (Å²) in [5.74, 6) is 0. The molecule has 0 atom stereocenters. The fraction of sp³-hybridized carbons (Fsp3) is 0.800. The molecule has 3 rings (SSSR count). The molecular weight excluding hydrogens is 303 g/mol. The molecule has 1 heterocycles. The molecule has 0 N–H and O–H groups in total. The van der Waals surface area contributed by atoms with Gasteiger partial charge in [0.2, 0.25) is 0 Å². The molecule has 0 unspecified atom stereocenters. The lowest BCUT2D eigenvalue weighted by molar-refractivity contribution is 0.487. The molecule has 0 radical (unpaired) electrons. The first-order chi connectivity index (χ1) is 10.6. The summed E-state index contributed by atoms with van der Waals surface area (Å²) in [7, 11) is 0.100. The quantitative estimate of drug-likeness (QED) is 0.531. The fourth-order valence-corrected chi connectivity index (χ4v) is 10.1. The molecule has 0 aromatic carbocycles. The largest absolute Gasteiger partial charge is 0.140 e. The zero-order valence-electron chi connectivity index (χ0n) is 14.7. The minimum atomic E-state index is 0.100. The third kappa shape index (κ3) is 3.96. The SMILES string of the molecule is CC(C)(C)c1ccc(P(C2CCCCC2)C2CCCCC2)s1. The van der Waals surface area contributed by atoms with Crippen LogP contribution in [0.15, 0.2) is 12.1 Å². The smallest absolute Gasteiger partial charge is 0.0287 e. The Hall–Kier alpha value is 0.130. The van der Waals surface area contributed by atoms with Gasteiger partial charge >= 0.3 is 0 Å². The van der Waals surface area contributed by atoms with Crippen LogP contribution in [0.25, 0.3) is 0 Å². The first-order valence-electron chi connectivity index (χ1n) is 9.44. The van der Waals surface area contributed by atoms with Gasteiger partial charge < -0.3 is 0 Å². The maximum atomic E-state index is 2.53. The van der Waals surface area contributed by atoms with E-state index < -0.39 is 0 Å². The summed E-state index contributed by atoms with van der Waals surface area (Å²) in [6.45, 7) is 7.10. The molecule has 0 spiro atoms.